The predicted octanol–water partition coefficient (Wildman–Crippen LogP) is 1.52. The highest BCUT2D eigenvalue weighted by molar-refractivity contribution is 7.89. The summed E-state index contributed by atoms with van der Waals surface area (Å²) >= 11 is 0. The third kappa shape index (κ3) is 4.56. The van der Waals surface area contributed by atoms with Gasteiger partial charge in [-0.15, -0.1) is 0 Å². The van der Waals surface area contributed by atoms with Crippen LogP contribution < -0.4 is 5.48 Å². The molecule has 0 saturated carbocycles. The number of phenols is 1. The largest absolute Gasteiger partial charge is 0.508 e. The lowest BCUT2D eigenvalue weighted by Crippen LogP contribution is -2.48. The van der Waals surface area contributed by atoms with Crippen molar-refractivity contribution < 1.29 is 23.5 Å². The Labute approximate surface area is 146 Å². The van der Waals surface area contributed by atoms with E-state index < -0.39 is 22.0 Å². The average Bonchev–Trinajstić information content (AvgIpc) is 2.62. The van der Waals surface area contributed by atoms with Gasteiger partial charge in [0, 0.05) is 6.54 Å². The minimum atomic E-state index is -3.99. The van der Waals surface area contributed by atoms with Crippen molar-refractivity contribution in [3.63, 3.8) is 0 Å². The van der Waals surface area contributed by atoms with Crippen molar-refractivity contribution in [2.45, 2.75) is 24.3 Å². The normalized spacial score (nSPS) is 12.8. The molecule has 0 spiro atoms. The number of hydroxylamine groups is 1. The highest BCUT2D eigenvalue weighted by atomic mass is 32.2. The van der Waals surface area contributed by atoms with Crippen LogP contribution in [0.5, 0.6) is 5.75 Å². The Hall–Kier alpha value is -2.42. The van der Waals surface area contributed by atoms with Crippen molar-refractivity contribution in [2.75, 3.05) is 6.54 Å². The van der Waals surface area contributed by atoms with Crippen LogP contribution in [-0.4, -0.2) is 41.5 Å². The molecule has 0 radical (unpaired) electrons. The van der Waals surface area contributed by atoms with Gasteiger partial charge >= 0.3 is 0 Å². The molecule has 0 aliphatic carbocycles. The summed E-state index contributed by atoms with van der Waals surface area (Å²) in [6.45, 7) is 1.45. The molecule has 0 heterocycles. The maximum Gasteiger partial charge on any atom is 0.261 e. The molecule has 0 bridgehead atoms. The van der Waals surface area contributed by atoms with E-state index in [0.717, 1.165) is 9.87 Å². The molecule has 2 aromatic rings. The summed E-state index contributed by atoms with van der Waals surface area (Å²) in [4.78, 5) is 11.7. The molecule has 0 aliphatic heterocycles. The number of aromatic hydroxyl groups is 1. The van der Waals surface area contributed by atoms with E-state index in [1.165, 1.54) is 36.7 Å². The van der Waals surface area contributed by atoms with Crippen molar-refractivity contribution >= 4 is 15.9 Å². The summed E-state index contributed by atoms with van der Waals surface area (Å²) in [5, 5.41) is 18.2. The number of sulfonamides is 1. The number of hydrogen-bond acceptors (Lipinski definition) is 5. The molecule has 8 heteroatoms. The smallest absolute Gasteiger partial charge is 0.261 e. The molecule has 25 heavy (non-hydrogen) atoms. The molecule has 0 saturated heterocycles. The third-order valence-corrected chi connectivity index (χ3v) is 5.81. The summed E-state index contributed by atoms with van der Waals surface area (Å²) in [5.74, 6) is -0.883. The van der Waals surface area contributed by atoms with Gasteiger partial charge in [-0.05, 0) is 43.2 Å². The third-order valence-electron chi connectivity index (χ3n) is 3.83. The van der Waals surface area contributed by atoms with Gasteiger partial charge in [-0.1, -0.05) is 30.3 Å². The van der Waals surface area contributed by atoms with E-state index in [-0.39, 0.29) is 17.2 Å². The maximum atomic E-state index is 12.9. The van der Waals surface area contributed by atoms with Crippen LogP contribution in [-0.2, 0) is 21.2 Å². The van der Waals surface area contributed by atoms with E-state index >= 15 is 0 Å². The Balaban J connectivity index is 2.32. The first-order valence-corrected chi connectivity index (χ1v) is 9.09. The summed E-state index contributed by atoms with van der Waals surface area (Å²) in [5.41, 5.74) is 2.41. The molecule has 134 valence electrons. The summed E-state index contributed by atoms with van der Waals surface area (Å²) in [6, 6.07) is 13.2. The molecular formula is C17H20N2O5S. The lowest BCUT2D eigenvalue weighted by Gasteiger charge is -2.27. The molecule has 1 amide bonds. The molecule has 2 aromatic carbocycles. The van der Waals surface area contributed by atoms with Gasteiger partial charge < -0.3 is 5.11 Å². The van der Waals surface area contributed by atoms with Gasteiger partial charge in [0.15, 0.2) is 0 Å². The molecule has 0 aliphatic rings. The predicted molar refractivity (Wildman–Crippen MR) is 91.5 cm³/mol. The van der Waals surface area contributed by atoms with Crippen LogP contribution in [0.15, 0.2) is 59.5 Å². The number of hydrogen-bond donors (Lipinski definition) is 3. The lowest BCUT2D eigenvalue weighted by molar-refractivity contribution is -0.132. The van der Waals surface area contributed by atoms with Crippen molar-refractivity contribution in [3.05, 3.63) is 60.2 Å². The first kappa shape index (κ1) is 18.9. The van der Waals surface area contributed by atoms with E-state index in [0.29, 0.717) is 6.42 Å². The zero-order valence-electron chi connectivity index (χ0n) is 13.7. The van der Waals surface area contributed by atoms with E-state index in [1.54, 1.807) is 0 Å². The Kier molecular flexibility index (Phi) is 6.13. The Bertz CT molecular complexity index is 807. The summed E-state index contributed by atoms with van der Waals surface area (Å²) in [6.07, 6.45) is 0.404. The summed E-state index contributed by atoms with van der Waals surface area (Å²) in [7, 11) is -3.99. The van der Waals surface area contributed by atoms with E-state index in [2.05, 4.69) is 0 Å². The van der Waals surface area contributed by atoms with Gasteiger partial charge in [-0.25, -0.2) is 13.9 Å². The highest BCUT2D eigenvalue weighted by Gasteiger charge is 2.32. The fourth-order valence-electron chi connectivity index (χ4n) is 2.38. The minimum absolute atomic E-state index is 0.0454. The fourth-order valence-corrected chi connectivity index (χ4v) is 3.98. The van der Waals surface area contributed by atoms with Crippen LogP contribution >= 0.6 is 0 Å². The molecule has 0 unspecified atom stereocenters. The van der Waals surface area contributed by atoms with Gasteiger partial charge in [-0.3, -0.25) is 10.0 Å². The average molecular weight is 364 g/mol. The van der Waals surface area contributed by atoms with Crippen LogP contribution in [0.4, 0.5) is 0 Å². The second kappa shape index (κ2) is 8.11. The Morgan fingerprint density at radius 3 is 2.28 bits per heavy atom. The molecule has 2 rings (SSSR count). The number of rotatable bonds is 7. The lowest BCUT2D eigenvalue weighted by atomic mass is 10.1. The van der Waals surface area contributed by atoms with Crippen LogP contribution in [0.3, 0.4) is 0 Å². The molecule has 1 atom stereocenters. The van der Waals surface area contributed by atoms with Crippen LogP contribution in [0, 0.1) is 0 Å². The minimum Gasteiger partial charge on any atom is -0.508 e. The monoisotopic (exact) mass is 364 g/mol. The van der Waals surface area contributed by atoms with Crippen molar-refractivity contribution in [1.29, 1.82) is 0 Å². The fraction of sp³-hybridized carbons (Fsp3) is 0.235. The Morgan fingerprint density at radius 1 is 1.12 bits per heavy atom. The standard InChI is InChI=1S/C17H20N2O5S/c1-13(17(21)18-22)19(12-11-14-5-3-2-4-6-14)25(23,24)16-9-7-15(20)8-10-16/h2-10,13,20,22H,11-12H2,1H3,(H,18,21)/t13-/m1/s1. The quantitative estimate of drug-likeness (QED) is 0.510. The van der Waals surface area contributed by atoms with Gasteiger partial charge in [0.05, 0.1) is 4.90 Å². The van der Waals surface area contributed by atoms with Gasteiger partial charge in [-0.2, -0.15) is 4.31 Å². The van der Waals surface area contributed by atoms with Gasteiger partial charge in [0.2, 0.25) is 10.0 Å². The second-order valence-electron chi connectivity index (χ2n) is 5.50. The Morgan fingerprint density at radius 2 is 1.72 bits per heavy atom. The number of benzene rings is 2. The topological polar surface area (TPSA) is 107 Å². The number of amides is 1. The number of carbonyl (C=O) groups is 1. The summed E-state index contributed by atoms with van der Waals surface area (Å²) < 4.78 is 26.8. The number of carbonyl (C=O) groups excluding carboxylic acids is 1. The van der Waals surface area contributed by atoms with Crippen LogP contribution in [0.2, 0.25) is 0 Å². The first-order valence-electron chi connectivity index (χ1n) is 7.65. The highest BCUT2D eigenvalue weighted by Crippen LogP contribution is 2.21. The van der Waals surface area contributed by atoms with E-state index in [9.17, 15) is 18.3 Å². The van der Waals surface area contributed by atoms with Gasteiger partial charge in [0.25, 0.3) is 5.91 Å². The van der Waals surface area contributed by atoms with E-state index in [4.69, 9.17) is 5.21 Å². The molecule has 3 N–H and O–H groups in total. The van der Waals surface area contributed by atoms with Crippen LogP contribution in [0.25, 0.3) is 0 Å². The van der Waals surface area contributed by atoms with E-state index in [1.807, 2.05) is 30.3 Å². The first-order chi connectivity index (χ1) is 11.9. The SMILES string of the molecule is C[C@H](C(=O)NO)N(CCc1ccccc1)S(=O)(=O)c1ccc(O)cc1. The zero-order chi connectivity index (χ0) is 18.4. The number of phenolic OH excluding ortho intramolecular Hbond substituents is 1. The number of nitrogens with zero attached hydrogens (tertiary/aromatic N) is 1. The molecule has 0 aromatic heterocycles. The second-order valence-corrected chi connectivity index (χ2v) is 7.39. The van der Waals surface area contributed by atoms with Crippen molar-refractivity contribution in [1.82, 2.24) is 9.79 Å². The van der Waals surface area contributed by atoms with Crippen molar-refractivity contribution in [3.8, 4) is 5.75 Å². The maximum absolute atomic E-state index is 12.9. The van der Waals surface area contributed by atoms with Crippen LogP contribution in [0.1, 0.15) is 12.5 Å². The number of nitrogens with one attached hydrogen (secondary N) is 1. The van der Waals surface area contributed by atoms with Gasteiger partial charge in [0.1, 0.15) is 11.8 Å². The molecule has 0 fully saturated rings. The zero-order valence-corrected chi connectivity index (χ0v) is 14.5. The molecule has 7 nitrogen and oxygen atoms in total. The van der Waals surface area contributed by atoms with Crippen molar-refractivity contribution in [2.24, 2.45) is 0 Å². The molecular weight excluding hydrogens is 344 g/mol.